The molecule has 0 bridgehead atoms. The topological polar surface area (TPSA) is 117 Å². The Morgan fingerprint density at radius 3 is 2.56 bits per heavy atom. The summed E-state index contributed by atoms with van der Waals surface area (Å²) in [5.74, 6) is -0.339. The number of pyridine rings is 2. The van der Waals surface area contributed by atoms with Crippen LogP contribution in [0.5, 0.6) is 0 Å². The highest BCUT2D eigenvalue weighted by molar-refractivity contribution is 6.06. The summed E-state index contributed by atoms with van der Waals surface area (Å²) in [5.41, 5.74) is 3.67. The van der Waals surface area contributed by atoms with E-state index in [2.05, 4.69) is 26.7 Å². The first kappa shape index (κ1) is 23.2. The summed E-state index contributed by atoms with van der Waals surface area (Å²) in [5, 5.41) is 16.2. The smallest absolute Gasteiger partial charge is 0.412 e. The highest BCUT2D eigenvalue weighted by Crippen LogP contribution is 2.40. The zero-order valence-electron chi connectivity index (χ0n) is 19.9. The Kier molecular flexibility index (Phi) is 5.96. The predicted octanol–water partition coefficient (Wildman–Crippen LogP) is 5.36. The molecule has 0 radical (unpaired) electrons. The molecular formula is C26H27N5O3. The molecule has 8 nitrogen and oxygen atoms in total. The molecule has 1 aromatic carbocycles. The second-order valence-corrected chi connectivity index (χ2v) is 9.60. The van der Waals surface area contributed by atoms with Gasteiger partial charge in [0.15, 0.2) is 0 Å². The van der Waals surface area contributed by atoms with Crippen LogP contribution in [0.4, 0.5) is 16.3 Å². The van der Waals surface area contributed by atoms with Crippen molar-refractivity contribution >= 4 is 34.3 Å². The van der Waals surface area contributed by atoms with Crippen LogP contribution >= 0.6 is 0 Å². The fourth-order valence-corrected chi connectivity index (χ4v) is 3.91. The molecule has 1 aliphatic rings. The normalized spacial score (nSPS) is 17.1. The monoisotopic (exact) mass is 457 g/mol. The van der Waals surface area contributed by atoms with Crippen LogP contribution < -0.4 is 10.6 Å². The van der Waals surface area contributed by atoms with E-state index in [1.54, 1.807) is 45.4 Å². The molecule has 1 fully saturated rings. The standard InChI is InChI=1S/C26H27N5O3/c1-14-6-7-28-12-20(14)18-8-16-10-22(30-24(32)19-9-17(19)11-27)29-13-21(16)23(15(18)2)31-25(33)34-26(3,4)5/h6-8,10,12-13,17,19H,9H2,1-5H3,(H,31,33)(H,29,30,32)/t17-,19+/m0/s1. The number of aromatic nitrogens is 2. The zero-order chi connectivity index (χ0) is 24.6. The van der Waals surface area contributed by atoms with E-state index in [0.717, 1.165) is 27.6 Å². The number of carbonyl (C=O) groups is 2. The molecule has 2 amide bonds. The molecule has 2 atom stereocenters. The zero-order valence-corrected chi connectivity index (χ0v) is 19.9. The van der Waals surface area contributed by atoms with Crippen molar-refractivity contribution in [2.24, 2.45) is 11.8 Å². The number of hydrogen-bond acceptors (Lipinski definition) is 6. The number of ether oxygens (including phenoxy) is 1. The highest BCUT2D eigenvalue weighted by atomic mass is 16.6. The number of carbonyl (C=O) groups excluding carboxylic acids is 2. The van der Waals surface area contributed by atoms with Crippen molar-refractivity contribution in [1.29, 1.82) is 5.26 Å². The third kappa shape index (κ3) is 4.84. The van der Waals surface area contributed by atoms with Crippen LogP contribution in [0.3, 0.4) is 0 Å². The van der Waals surface area contributed by atoms with E-state index in [4.69, 9.17) is 10.00 Å². The summed E-state index contributed by atoms with van der Waals surface area (Å²) in [4.78, 5) is 33.7. The lowest BCUT2D eigenvalue weighted by Crippen LogP contribution is -2.27. The number of aryl methyl sites for hydroxylation is 1. The quantitative estimate of drug-likeness (QED) is 0.545. The minimum absolute atomic E-state index is 0.207. The summed E-state index contributed by atoms with van der Waals surface area (Å²) in [7, 11) is 0. The van der Waals surface area contributed by atoms with Crippen LogP contribution in [0.2, 0.25) is 0 Å². The number of hydrogen-bond donors (Lipinski definition) is 2. The minimum Gasteiger partial charge on any atom is -0.444 e. The molecule has 1 aliphatic carbocycles. The number of nitrogens with one attached hydrogen (secondary N) is 2. The van der Waals surface area contributed by atoms with E-state index in [1.165, 1.54) is 0 Å². The Morgan fingerprint density at radius 2 is 1.91 bits per heavy atom. The Morgan fingerprint density at radius 1 is 1.15 bits per heavy atom. The molecule has 2 N–H and O–H groups in total. The molecular weight excluding hydrogens is 430 g/mol. The van der Waals surface area contributed by atoms with Crippen molar-refractivity contribution in [3.8, 4) is 17.2 Å². The number of rotatable bonds is 4. The van der Waals surface area contributed by atoms with Crippen molar-refractivity contribution in [1.82, 2.24) is 9.97 Å². The second-order valence-electron chi connectivity index (χ2n) is 9.60. The third-order valence-electron chi connectivity index (χ3n) is 5.78. The number of nitriles is 1. The van der Waals surface area contributed by atoms with Gasteiger partial charge >= 0.3 is 6.09 Å². The Balaban J connectivity index is 1.79. The summed E-state index contributed by atoms with van der Waals surface area (Å²) in [6.45, 7) is 9.35. The van der Waals surface area contributed by atoms with Crippen LogP contribution in [0.1, 0.15) is 38.3 Å². The molecule has 2 aromatic heterocycles. The lowest BCUT2D eigenvalue weighted by molar-refractivity contribution is -0.117. The maximum absolute atomic E-state index is 12.6. The van der Waals surface area contributed by atoms with Gasteiger partial charge in [-0.15, -0.1) is 0 Å². The number of benzene rings is 1. The van der Waals surface area contributed by atoms with Crippen molar-refractivity contribution < 1.29 is 14.3 Å². The lowest BCUT2D eigenvalue weighted by atomic mass is 9.93. The van der Waals surface area contributed by atoms with Gasteiger partial charge in [0, 0.05) is 29.5 Å². The van der Waals surface area contributed by atoms with Gasteiger partial charge in [0.2, 0.25) is 5.91 Å². The first-order chi connectivity index (χ1) is 16.1. The summed E-state index contributed by atoms with van der Waals surface area (Å²) in [6, 6.07) is 7.83. The van der Waals surface area contributed by atoms with Gasteiger partial charge in [-0.1, -0.05) is 0 Å². The van der Waals surface area contributed by atoms with Gasteiger partial charge in [0.25, 0.3) is 0 Å². The van der Waals surface area contributed by atoms with Crippen LogP contribution in [-0.2, 0) is 9.53 Å². The number of anilines is 2. The molecule has 4 rings (SSSR count). The average Bonchev–Trinajstić information content (AvgIpc) is 3.55. The molecule has 0 aliphatic heterocycles. The maximum Gasteiger partial charge on any atom is 0.412 e. The number of nitrogens with zero attached hydrogens (tertiary/aromatic N) is 3. The third-order valence-corrected chi connectivity index (χ3v) is 5.78. The second kappa shape index (κ2) is 8.75. The van der Waals surface area contributed by atoms with Crippen molar-refractivity contribution in [3.63, 3.8) is 0 Å². The molecule has 2 heterocycles. The van der Waals surface area contributed by atoms with Crippen molar-refractivity contribution in [2.45, 2.75) is 46.6 Å². The lowest BCUT2D eigenvalue weighted by Gasteiger charge is -2.22. The molecule has 0 spiro atoms. The molecule has 174 valence electrons. The minimum atomic E-state index is -0.648. The Hall–Kier alpha value is -3.99. The average molecular weight is 458 g/mol. The molecule has 1 saturated carbocycles. The van der Waals surface area contributed by atoms with E-state index < -0.39 is 11.7 Å². The Bertz CT molecular complexity index is 1340. The first-order valence-corrected chi connectivity index (χ1v) is 11.1. The Labute approximate surface area is 198 Å². The largest absolute Gasteiger partial charge is 0.444 e. The predicted molar refractivity (Wildman–Crippen MR) is 130 cm³/mol. The number of fused-ring (bicyclic) bond motifs is 1. The maximum atomic E-state index is 12.6. The molecule has 0 saturated heterocycles. The fourth-order valence-electron chi connectivity index (χ4n) is 3.91. The van der Waals surface area contributed by atoms with Gasteiger partial charge in [-0.2, -0.15) is 5.26 Å². The fraction of sp³-hybridized carbons (Fsp3) is 0.346. The summed E-state index contributed by atoms with van der Waals surface area (Å²) >= 11 is 0. The van der Waals surface area contributed by atoms with Crippen LogP contribution in [0.15, 0.2) is 36.8 Å². The van der Waals surface area contributed by atoms with Crippen LogP contribution in [-0.4, -0.2) is 27.6 Å². The SMILES string of the molecule is Cc1ccncc1-c1cc2cc(NC(=O)[C@@H]3C[C@H]3C#N)ncc2c(NC(=O)OC(C)(C)C)c1C. The van der Waals surface area contributed by atoms with E-state index in [9.17, 15) is 9.59 Å². The van der Waals surface area contributed by atoms with Gasteiger partial charge < -0.3 is 10.1 Å². The molecule has 8 heteroatoms. The van der Waals surface area contributed by atoms with Crippen molar-refractivity contribution in [3.05, 3.63) is 47.9 Å². The summed E-state index contributed by atoms with van der Waals surface area (Å²) in [6.07, 6.45) is 5.16. The van der Waals surface area contributed by atoms with Gasteiger partial charge in [0.1, 0.15) is 11.4 Å². The highest BCUT2D eigenvalue weighted by Gasteiger charge is 2.43. The van der Waals surface area contributed by atoms with Gasteiger partial charge in [-0.05, 0) is 81.3 Å². The van der Waals surface area contributed by atoms with E-state index in [-0.39, 0.29) is 17.7 Å². The van der Waals surface area contributed by atoms with Crippen LogP contribution in [0.25, 0.3) is 21.9 Å². The number of amides is 2. The first-order valence-electron chi connectivity index (χ1n) is 11.1. The van der Waals surface area contributed by atoms with E-state index in [0.29, 0.717) is 23.3 Å². The molecule has 0 unspecified atom stereocenters. The molecule has 34 heavy (non-hydrogen) atoms. The van der Waals surface area contributed by atoms with Gasteiger partial charge in [-0.3, -0.25) is 15.1 Å². The van der Waals surface area contributed by atoms with Gasteiger partial charge in [0.05, 0.1) is 23.6 Å². The van der Waals surface area contributed by atoms with E-state index >= 15 is 0 Å². The van der Waals surface area contributed by atoms with E-state index in [1.807, 2.05) is 26.0 Å². The van der Waals surface area contributed by atoms with Crippen LogP contribution in [0, 0.1) is 37.0 Å². The van der Waals surface area contributed by atoms with Gasteiger partial charge in [-0.25, -0.2) is 9.78 Å². The summed E-state index contributed by atoms with van der Waals surface area (Å²) < 4.78 is 5.48. The molecule has 3 aromatic rings. The van der Waals surface area contributed by atoms with Crippen molar-refractivity contribution in [2.75, 3.05) is 10.6 Å².